The van der Waals surface area contributed by atoms with Gasteiger partial charge in [-0.3, -0.25) is 4.79 Å². The van der Waals surface area contributed by atoms with Crippen molar-refractivity contribution >= 4 is 28.9 Å². The molecule has 0 fully saturated rings. The van der Waals surface area contributed by atoms with E-state index < -0.39 is 0 Å². The summed E-state index contributed by atoms with van der Waals surface area (Å²) in [4.78, 5) is 12.2. The summed E-state index contributed by atoms with van der Waals surface area (Å²) in [6.45, 7) is 8.53. The summed E-state index contributed by atoms with van der Waals surface area (Å²) in [7, 11) is 0. The molecule has 23 heavy (non-hydrogen) atoms. The molecule has 2 aromatic carbocycles. The normalized spacial score (nSPS) is 11.2. The highest BCUT2D eigenvalue weighted by atomic mass is 35.5. The van der Waals surface area contributed by atoms with Crippen LogP contribution in [-0.2, 0) is 10.2 Å². The third-order valence-corrected chi connectivity index (χ3v) is 4.04. The summed E-state index contributed by atoms with van der Waals surface area (Å²) in [5.41, 5.74) is 3.79. The largest absolute Gasteiger partial charge is 0.376 e. The Balaban J connectivity index is 2.02. The molecule has 0 radical (unpaired) electrons. The van der Waals surface area contributed by atoms with Crippen molar-refractivity contribution in [2.75, 3.05) is 17.2 Å². The van der Waals surface area contributed by atoms with Crippen LogP contribution in [0.5, 0.6) is 0 Å². The Kier molecular flexibility index (Phi) is 5.32. The van der Waals surface area contributed by atoms with Crippen molar-refractivity contribution in [2.24, 2.45) is 0 Å². The van der Waals surface area contributed by atoms with Crippen LogP contribution < -0.4 is 10.6 Å². The first kappa shape index (κ1) is 17.4. The summed E-state index contributed by atoms with van der Waals surface area (Å²) in [5, 5.41) is 6.76. The van der Waals surface area contributed by atoms with E-state index in [-0.39, 0.29) is 17.9 Å². The molecule has 0 aliphatic carbocycles. The maximum Gasteiger partial charge on any atom is 0.243 e. The molecule has 0 aromatic heterocycles. The molecule has 1 amide bonds. The standard InChI is InChI=1S/C19H23ClN2O/c1-13-9-10-14(11-16(13)20)21-12-18(23)22-17-8-6-5-7-15(17)19(2,3)4/h5-11,21H,12H2,1-4H3,(H,22,23). The van der Waals surface area contributed by atoms with Crippen LogP contribution in [0.25, 0.3) is 0 Å². The van der Waals surface area contributed by atoms with E-state index in [4.69, 9.17) is 11.6 Å². The van der Waals surface area contributed by atoms with Crippen molar-refractivity contribution in [1.82, 2.24) is 0 Å². The fourth-order valence-electron chi connectivity index (χ4n) is 2.33. The predicted octanol–water partition coefficient (Wildman–Crippen LogP) is 5.00. The summed E-state index contributed by atoms with van der Waals surface area (Å²) in [6, 6.07) is 13.6. The van der Waals surface area contributed by atoms with Crippen LogP contribution in [0.15, 0.2) is 42.5 Å². The quantitative estimate of drug-likeness (QED) is 0.828. The Bertz CT molecular complexity index is 705. The average molecular weight is 331 g/mol. The predicted molar refractivity (Wildman–Crippen MR) is 98.5 cm³/mol. The highest BCUT2D eigenvalue weighted by molar-refractivity contribution is 6.31. The van der Waals surface area contributed by atoms with Gasteiger partial charge in [-0.2, -0.15) is 0 Å². The zero-order valence-corrected chi connectivity index (χ0v) is 14.8. The lowest BCUT2D eigenvalue weighted by Gasteiger charge is -2.23. The van der Waals surface area contributed by atoms with Crippen LogP contribution in [0.3, 0.4) is 0 Å². The topological polar surface area (TPSA) is 41.1 Å². The minimum Gasteiger partial charge on any atom is -0.376 e. The first-order chi connectivity index (χ1) is 10.8. The lowest BCUT2D eigenvalue weighted by Crippen LogP contribution is -2.24. The van der Waals surface area contributed by atoms with E-state index in [0.717, 1.165) is 22.5 Å². The van der Waals surface area contributed by atoms with Crippen molar-refractivity contribution in [1.29, 1.82) is 0 Å². The van der Waals surface area contributed by atoms with Crippen molar-refractivity contribution in [3.8, 4) is 0 Å². The first-order valence-corrected chi connectivity index (χ1v) is 8.04. The number of carbonyl (C=O) groups excluding carboxylic acids is 1. The Morgan fingerprint density at radius 3 is 2.48 bits per heavy atom. The van der Waals surface area contributed by atoms with Crippen molar-refractivity contribution in [2.45, 2.75) is 33.1 Å². The van der Waals surface area contributed by atoms with E-state index in [1.54, 1.807) is 0 Å². The molecule has 0 atom stereocenters. The minimum atomic E-state index is -0.0848. The van der Waals surface area contributed by atoms with Gasteiger partial charge < -0.3 is 10.6 Å². The van der Waals surface area contributed by atoms with Crippen molar-refractivity contribution in [3.63, 3.8) is 0 Å². The van der Waals surface area contributed by atoms with Crippen LogP contribution >= 0.6 is 11.6 Å². The van der Waals surface area contributed by atoms with Gasteiger partial charge in [0.2, 0.25) is 5.91 Å². The van der Waals surface area contributed by atoms with E-state index in [0.29, 0.717) is 5.02 Å². The Hall–Kier alpha value is -2.00. The molecule has 0 heterocycles. The highest BCUT2D eigenvalue weighted by Crippen LogP contribution is 2.29. The molecular formula is C19H23ClN2O. The van der Waals surface area contributed by atoms with E-state index >= 15 is 0 Å². The van der Waals surface area contributed by atoms with Gasteiger partial charge in [-0.25, -0.2) is 0 Å². The van der Waals surface area contributed by atoms with Crippen LogP contribution in [0.2, 0.25) is 5.02 Å². The maximum atomic E-state index is 12.2. The number of nitrogens with one attached hydrogen (secondary N) is 2. The number of anilines is 2. The molecule has 0 bridgehead atoms. The number of hydrogen-bond donors (Lipinski definition) is 2. The number of rotatable bonds is 4. The Morgan fingerprint density at radius 2 is 1.83 bits per heavy atom. The monoisotopic (exact) mass is 330 g/mol. The molecule has 0 spiro atoms. The van der Waals surface area contributed by atoms with Gasteiger partial charge in [-0.1, -0.05) is 56.6 Å². The Morgan fingerprint density at radius 1 is 1.13 bits per heavy atom. The van der Waals surface area contributed by atoms with E-state index in [1.165, 1.54) is 0 Å². The SMILES string of the molecule is Cc1ccc(NCC(=O)Nc2ccccc2C(C)(C)C)cc1Cl. The number of benzene rings is 2. The summed E-state index contributed by atoms with van der Waals surface area (Å²) < 4.78 is 0. The first-order valence-electron chi connectivity index (χ1n) is 7.67. The molecule has 4 heteroatoms. The minimum absolute atomic E-state index is 0.0260. The van der Waals surface area contributed by atoms with Gasteiger partial charge in [0.25, 0.3) is 0 Å². The molecule has 0 saturated heterocycles. The van der Waals surface area contributed by atoms with E-state index in [9.17, 15) is 4.79 Å². The fourth-order valence-corrected chi connectivity index (χ4v) is 2.51. The van der Waals surface area contributed by atoms with Crippen LogP contribution in [0.1, 0.15) is 31.9 Å². The molecule has 0 aliphatic heterocycles. The summed E-state index contributed by atoms with van der Waals surface area (Å²) in [5.74, 6) is -0.0848. The summed E-state index contributed by atoms with van der Waals surface area (Å²) in [6.07, 6.45) is 0. The number of aryl methyl sites for hydroxylation is 1. The van der Waals surface area contributed by atoms with Gasteiger partial charge in [-0.05, 0) is 41.7 Å². The van der Waals surface area contributed by atoms with E-state index in [1.807, 2.05) is 49.4 Å². The second-order valence-electron chi connectivity index (χ2n) is 6.66. The van der Waals surface area contributed by atoms with Gasteiger partial charge in [0, 0.05) is 16.4 Å². The number of amides is 1. The van der Waals surface area contributed by atoms with Crippen LogP contribution in [0, 0.1) is 6.92 Å². The number of halogens is 1. The van der Waals surface area contributed by atoms with Gasteiger partial charge in [0.1, 0.15) is 0 Å². The zero-order chi connectivity index (χ0) is 17.0. The zero-order valence-electron chi connectivity index (χ0n) is 14.0. The van der Waals surface area contributed by atoms with E-state index in [2.05, 4.69) is 31.4 Å². The number of para-hydroxylation sites is 1. The van der Waals surface area contributed by atoms with Gasteiger partial charge in [0.15, 0.2) is 0 Å². The second-order valence-corrected chi connectivity index (χ2v) is 7.07. The van der Waals surface area contributed by atoms with Gasteiger partial charge in [-0.15, -0.1) is 0 Å². The van der Waals surface area contributed by atoms with Gasteiger partial charge in [0.05, 0.1) is 6.54 Å². The third-order valence-electron chi connectivity index (χ3n) is 3.63. The molecule has 0 aliphatic rings. The second kappa shape index (κ2) is 7.05. The van der Waals surface area contributed by atoms with Gasteiger partial charge >= 0.3 is 0 Å². The van der Waals surface area contributed by atoms with Crippen LogP contribution in [0.4, 0.5) is 11.4 Å². The smallest absolute Gasteiger partial charge is 0.243 e. The van der Waals surface area contributed by atoms with Crippen molar-refractivity contribution in [3.05, 3.63) is 58.6 Å². The number of hydrogen-bond acceptors (Lipinski definition) is 2. The third kappa shape index (κ3) is 4.73. The molecule has 2 rings (SSSR count). The fraction of sp³-hybridized carbons (Fsp3) is 0.316. The molecule has 0 unspecified atom stereocenters. The Labute approximate surface area is 143 Å². The van der Waals surface area contributed by atoms with Crippen molar-refractivity contribution < 1.29 is 4.79 Å². The molecular weight excluding hydrogens is 308 g/mol. The molecule has 2 aromatic rings. The molecule has 122 valence electrons. The average Bonchev–Trinajstić information content (AvgIpc) is 2.48. The molecule has 2 N–H and O–H groups in total. The summed E-state index contributed by atoms with van der Waals surface area (Å²) >= 11 is 6.09. The lowest BCUT2D eigenvalue weighted by molar-refractivity contribution is -0.114. The highest BCUT2D eigenvalue weighted by Gasteiger charge is 2.18. The molecule has 0 saturated carbocycles. The van der Waals surface area contributed by atoms with Crippen LogP contribution in [-0.4, -0.2) is 12.5 Å². The molecule has 3 nitrogen and oxygen atoms in total. The lowest BCUT2D eigenvalue weighted by atomic mass is 9.86. The number of carbonyl (C=O) groups is 1. The maximum absolute atomic E-state index is 12.2.